The number of likely N-dealkylation sites (tertiary alicyclic amines) is 1. The number of thioether (sulfide) groups is 1. The van der Waals surface area contributed by atoms with E-state index in [-0.39, 0.29) is 23.8 Å². The Labute approximate surface area is 225 Å². The van der Waals surface area contributed by atoms with Gasteiger partial charge in [0, 0.05) is 38.1 Å². The molecule has 1 aromatic rings. The molecule has 0 spiro atoms. The molecule has 4 saturated heterocycles. The summed E-state index contributed by atoms with van der Waals surface area (Å²) in [5, 5.41) is 5.93. The maximum Gasteiger partial charge on any atom is 0.245 e. The summed E-state index contributed by atoms with van der Waals surface area (Å²) < 4.78 is 0. The first kappa shape index (κ1) is 26.5. The number of hydrogen-bond donors (Lipinski definition) is 2. The number of nitrogens with one attached hydrogen (secondary N) is 2. The Morgan fingerprint density at radius 1 is 0.973 bits per heavy atom. The minimum atomic E-state index is -0.638. The van der Waals surface area contributed by atoms with Crippen molar-refractivity contribution in [2.45, 2.75) is 82.5 Å². The van der Waals surface area contributed by atoms with Gasteiger partial charge in [0.25, 0.3) is 0 Å². The minimum absolute atomic E-state index is 0.0317. The summed E-state index contributed by atoms with van der Waals surface area (Å²) in [5.41, 5.74) is 1.13. The predicted molar refractivity (Wildman–Crippen MR) is 147 cm³/mol. The zero-order valence-electron chi connectivity index (χ0n) is 22.1. The zero-order valence-corrected chi connectivity index (χ0v) is 22.9. The van der Waals surface area contributed by atoms with Gasteiger partial charge in [-0.1, -0.05) is 30.3 Å². The Bertz CT molecular complexity index is 954. The van der Waals surface area contributed by atoms with Crippen molar-refractivity contribution in [1.82, 2.24) is 20.4 Å². The van der Waals surface area contributed by atoms with Gasteiger partial charge in [0.2, 0.25) is 17.7 Å². The standard InChI is InChI=1S/C29H42N4O3S/c1-20-29(36)33-18-22-16-23(19-32(17-22)24-12-14-37-15-13-24)26(33)8-5-9-27(34)31-25(28(35)30-20)11-10-21-6-3-2-4-7-21/h2-4,6-7,20,22-26H,5,8-19H2,1H3,(H,30,35)(H,31,34)/t20-,22+,23-,25+,26+/m1/s1. The van der Waals surface area contributed by atoms with Crippen molar-refractivity contribution in [2.24, 2.45) is 11.8 Å². The van der Waals surface area contributed by atoms with Crippen molar-refractivity contribution >= 4 is 29.5 Å². The van der Waals surface area contributed by atoms with Crippen LogP contribution in [0.25, 0.3) is 0 Å². The fraction of sp³-hybridized carbons (Fsp3) is 0.690. The van der Waals surface area contributed by atoms with Crippen molar-refractivity contribution < 1.29 is 14.4 Å². The molecule has 202 valence electrons. The lowest BCUT2D eigenvalue weighted by atomic mass is 9.76. The maximum absolute atomic E-state index is 13.7. The summed E-state index contributed by atoms with van der Waals surface area (Å²) in [5.74, 6) is 3.14. The fourth-order valence-corrected chi connectivity index (χ4v) is 8.03. The largest absolute Gasteiger partial charge is 0.344 e. The van der Waals surface area contributed by atoms with Crippen LogP contribution in [0.5, 0.6) is 0 Å². The van der Waals surface area contributed by atoms with Crippen molar-refractivity contribution in [3.63, 3.8) is 0 Å². The van der Waals surface area contributed by atoms with Gasteiger partial charge in [-0.25, -0.2) is 0 Å². The molecule has 4 fully saturated rings. The molecule has 4 heterocycles. The third-order valence-electron chi connectivity index (χ3n) is 8.84. The highest BCUT2D eigenvalue weighted by Crippen LogP contribution is 2.38. The van der Waals surface area contributed by atoms with Crippen molar-refractivity contribution in [2.75, 3.05) is 31.1 Å². The zero-order chi connectivity index (χ0) is 25.8. The van der Waals surface area contributed by atoms with E-state index >= 15 is 0 Å². The molecule has 37 heavy (non-hydrogen) atoms. The smallest absolute Gasteiger partial charge is 0.245 e. The molecular formula is C29H42N4O3S. The van der Waals surface area contributed by atoms with E-state index in [1.807, 2.05) is 30.3 Å². The minimum Gasteiger partial charge on any atom is -0.344 e. The Balaban J connectivity index is 1.28. The van der Waals surface area contributed by atoms with Crippen LogP contribution in [0, 0.1) is 11.8 Å². The first-order valence-corrected chi connectivity index (χ1v) is 15.4. The summed E-state index contributed by atoms with van der Waals surface area (Å²) in [4.78, 5) is 44.6. The average molecular weight is 527 g/mol. The van der Waals surface area contributed by atoms with Crippen LogP contribution in [-0.4, -0.2) is 82.8 Å². The molecule has 1 aromatic carbocycles. The van der Waals surface area contributed by atoms with Crippen LogP contribution in [0.1, 0.15) is 57.4 Å². The number of carbonyl (C=O) groups is 3. The van der Waals surface area contributed by atoms with E-state index in [1.54, 1.807) is 6.92 Å². The van der Waals surface area contributed by atoms with Gasteiger partial charge >= 0.3 is 0 Å². The van der Waals surface area contributed by atoms with Gasteiger partial charge in [0.05, 0.1) is 0 Å². The lowest BCUT2D eigenvalue weighted by Gasteiger charge is -2.53. The van der Waals surface area contributed by atoms with Crippen molar-refractivity contribution in [1.29, 1.82) is 0 Å². The summed E-state index contributed by atoms with van der Waals surface area (Å²) in [6.45, 7) is 4.69. The maximum atomic E-state index is 13.7. The monoisotopic (exact) mass is 526 g/mol. The summed E-state index contributed by atoms with van der Waals surface area (Å²) in [7, 11) is 0. The number of hydrogen-bond acceptors (Lipinski definition) is 5. The highest BCUT2D eigenvalue weighted by Gasteiger charge is 2.45. The molecule has 5 rings (SSSR count). The molecule has 7 nitrogen and oxygen atoms in total. The van der Waals surface area contributed by atoms with Crippen molar-refractivity contribution in [3.05, 3.63) is 35.9 Å². The van der Waals surface area contributed by atoms with Crippen LogP contribution in [0.15, 0.2) is 30.3 Å². The molecule has 0 radical (unpaired) electrons. The van der Waals surface area contributed by atoms with Crippen LogP contribution in [-0.2, 0) is 20.8 Å². The topological polar surface area (TPSA) is 81.8 Å². The van der Waals surface area contributed by atoms with Gasteiger partial charge in [-0.3, -0.25) is 19.3 Å². The molecule has 4 aliphatic heterocycles. The second-order valence-electron chi connectivity index (χ2n) is 11.5. The van der Waals surface area contributed by atoms with E-state index in [0.29, 0.717) is 37.1 Å². The van der Waals surface area contributed by atoms with Crippen LogP contribution in [0.4, 0.5) is 0 Å². The number of carbonyl (C=O) groups excluding carboxylic acids is 3. The number of amides is 3. The first-order valence-electron chi connectivity index (χ1n) is 14.2. The molecule has 2 bridgehead atoms. The number of piperidine rings is 2. The van der Waals surface area contributed by atoms with Gasteiger partial charge in [0.1, 0.15) is 12.1 Å². The van der Waals surface area contributed by atoms with Crippen molar-refractivity contribution in [3.8, 4) is 0 Å². The number of fused-ring (bicyclic) bond motifs is 4. The normalized spacial score (nSPS) is 32.5. The summed E-state index contributed by atoms with van der Waals surface area (Å²) in [6.07, 6.45) is 6.88. The Morgan fingerprint density at radius 2 is 1.76 bits per heavy atom. The number of benzene rings is 1. The first-order chi connectivity index (χ1) is 18.0. The molecule has 4 aliphatic rings. The lowest BCUT2D eigenvalue weighted by Crippen LogP contribution is -2.63. The number of nitrogens with zero attached hydrogens (tertiary/aromatic N) is 2. The third-order valence-corrected chi connectivity index (χ3v) is 9.89. The molecule has 8 heteroatoms. The fourth-order valence-electron chi connectivity index (χ4n) is 6.94. The SMILES string of the molecule is C[C@H]1NC(=O)[C@H](CCc2ccccc2)NC(=O)CCC[C@H]2[C@@H]3C[C@@H](CN(C4CCSCC4)C3)CN2C1=O. The van der Waals surface area contributed by atoms with Gasteiger partial charge in [-0.15, -0.1) is 0 Å². The Hall–Kier alpha value is -2.06. The van der Waals surface area contributed by atoms with E-state index in [1.165, 1.54) is 30.8 Å². The van der Waals surface area contributed by atoms with Gasteiger partial charge in [0.15, 0.2) is 0 Å². The highest BCUT2D eigenvalue weighted by molar-refractivity contribution is 7.99. The second kappa shape index (κ2) is 12.2. The molecule has 0 aliphatic carbocycles. The van der Waals surface area contributed by atoms with E-state index in [4.69, 9.17) is 0 Å². The van der Waals surface area contributed by atoms with Gasteiger partial charge in [-0.2, -0.15) is 11.8 Å². The summed E-state index contributed by atoms with van der Waals surface area (Å²) in [6, 6.07) is 9.57. The van der Waals surface area contributed by atoms with E-state index in [2.05, 4.69) is 32.2 Å². The predicted octanol–water partition coefficient (Wildman–Crippen LogP) is 2.84. The Morgan fingerprint density at radius 3 is 2.54 bits per heavy atom. The molecular weight excluding hydrogens is 484 g/mol. The lowest BCUT2D eigenvalue weighted by molar-refractivity contribution is -0.146. The molecule has 5 atom stereocenters. The molecule has 2 N–H and O–H groups in total. The molecule has 0 aromatic heterocycles. The third kappa shape index (κ3) is 6.51. The van der Waals surface area contributed by atoms with E-state index in [9.17, 15) is 14.4 Å². The molecule has 3 amide bonds. The van der Waals surface area contributed by atoms with Gasteiger partial charge < -0.3 is 15.5 Å². The number of rotatable bonds is 4. The highest BCUT2D eigenvalue weighted by atomic mass is 32.2. The molecule has 0 unspecified atom stereocenters. The Kier molecular flexibility index (Phi) is 8.75. The summed E-state index contributed by atoms with van der Waals surface area (Å²) >= 11 is 2.07. The van der Waals surface area contributed by atoms with Crippen LogP contribution < -0.4 is 10.6 Å². The average Bonchev–Trinajstić information content (AvgIpc) is 2.92. The van der Waals surface area contributed by atoms with E-state index < -0.39 is 12.1 Å². The van der Waals surface area contributed by atoms with Crippen LogP contribution in [0.3, 0.4) is 0 Å². The van der Waals surface area contributed by atoms with Crippen LogP contribution in [0.2, 0.25) is 0 Å². The van der Waals surface area contributed by atoms with Crippen LogP contribution >= 0.6 is 11.8 Å². The van der Waals surface area contributed by atoms with E-state index in [0.717, 1.165) is 38.0 Å². The quantitative estimate of drug-likeness (QED) is 0.631. The van der Waals surface area contributed by atoms with Gasteiger partial charge in [-0.05, 0) is 80.8 Å². The second-order valence-corrected chi connectivity index (χ2v) is 12.7. The number of aryl methyl sites for hydroxylation is 1. The molecule has 0 saturated carbocycles.